The van der Waals surface area contributed by atoms with E-state index in [1.807, 2.05) is 36.4 Å². The van der Waals surface area contributed by atoms with E-state index < -0.39 is 17.4 Å². The molecule has 0 bridgehead atoms. The van der Waals surface area contributed by atoms with E-state index in [2.05, 4.69) is 19.2 Å². The van der Waals surface area contributed by atoms with Crippen molar-refractivity contribution in [3.63, 3.8) is 0 Å². The number of amides is 2. The van der Waals surface area contributed by atoms with Crippen molar-refractivity contribution in [3.8, 4) is 11.4 Å². The van der Waals surface area contributed by atoms with Crippen LogP contribution in [0.15, 0.2) is 71.5 Å². The summed E-state index contributed by atoms with van der Waals surface area (Å²) in [6, 6.07) is 19.3. The average molecular weight is 555 g/mol. The quantitative estimate of drug-likeness (QED) is 0.375. The maximum Gasteiger partial charge on any atom is 0.266 e. The zero-order chi connectivity index (χ0) is 27.9. The lowest BCUT2D eigenvalue weighted by Crippen LogP contribution is -2.50. The predicted octanol–water partition coefficient (Wildman–Crippen LogP) is 4.43. The summed E-state index contributed by atoms with van der Waals surface area (Å²) in [5.41, 5.74) is 0.890. The molecular weight excluding hydrogens is 528 g/mol. The monoisotopic (exact) mass is 554 g/mol. The number of hydrogen-bond acceptors (Lipinski definition) is 6. The second-order valence-corrected chi connectivity index (χ2v) is 11.6. The minimum absolute atomic E-state index is 0.208. The van der Waals surface area contributed by atoms with Gasteiger partial charge in [0, 0.05) is 16.6 Å². The third-order valence-corrected chi connectivity index (χ3v) is 8.70. The van der Waals surface area contributed by atoms with Gasteiger partial charge in [0.2, 0.25) is 11.8 Å². The van der Waals surface area contributed by atoms with E-state index >= 15 is 0 Å². The molecular formula is C31H27ClN4O4. The fourth-order valence-electron chi connectivity index (χ4n) is 7.00. The molecule has 9 heteroatoms. The van der Waals surface area contributed by atoms with Crippen LogP contribution in [-0.2, 0) is 15.1 Å². The molecule has 2 saturated heterocycles. The van der Waals surface area contributed by atoms with Crippen LogP contribution in [0.25, 0.3) is 16.6 Å². The highest BCUT2D eigenvalue weighted by Gasteiger charge is 2.70. The fraction of sp³-hybridized carbons (Fsp3) is 0.290. The number of nitrogens with zero attached hydrogens (tertiary/aromatic N) is 3. The van der Waals surface area contributed by atoms with Gasteiger partial charge >= 0.3 is 0 Å². The third kappa shape index (κ3) is 3.17. The highest BCUT2D eigenvalue weighted by molar-refractivity contribution is 6.31. The normalized spacial score (nSPS) is 24.7. The van der Waals surface area contributed by atoms with Gasteiger partial charge in [0.05, 0.1) is 41.2 Å². The van der Waals surface area contributed by atoms with Gasteiger partial charge in [-0.2, -0.15) is 0 Å². The number of halogens is 1. The van der Waals surface area contributed by atoms with E-state index in [1.54, 1.807) is 34.9 Å². The van der Waals surface area contributed by atoms with Gasteiger partial charge in [-0.3, -0.25) is 24.3 Å². The number of carbonyl (C=O) groups is 2. The van der Waals surface area contributed by atoms with E-state index in [-0.39, 0.29) is 29.3 Å². The number of imide groups is 1. The zero-order valence-corrected chi connectivity index (χ0v) is 23.0. The third-order valence-electron chi connectivity index (χ3n) is 8.47. The van der Waals surface area contributed by atoms with Crippen LogP contribution >= 0.6 is 11.6 Å². The molecule has 1 spiro atoms. The van der Waals surface area contributed by atoms with Crippen molar-refractivity contribution >= 4 is 40.0 Å². The summed E-state index contributed by atoms with van der Waals surface area (Å²) in [6.45, 7) is 4.18. The summed E-state index contributed by atoms with van der Waals surface area (Å²) >= 11 is 6.33. The largest absolute Gasteiger partial charge is 0.495 e. The second kappa shape index (κ2) is 8.74. The molecule has 2 amide bonds. The van der Waals surface area contributed by atoms with Crippen LogP contribution in [0.1, 0.15) is 31.7 Å². The van der Waals surface area contributed by atoms with Crippen molar-refractivity contribution in [1.82, 2.24) is 14.9 Å². The Kier molecular flexibility index (Phi) is 5.46. The molecule has 4 atom stereocenters. The first-order valence-electron chi connectivity index (χ1n) is 13.4. The number of para-hydroxylation sites is 2. The predicted molar refractivity (Wildman–Crippen MR) is 152 cm³/mol. The Morgan fingerprint density at radius 1 is 1.00 bits per heavy atom. The van der Waals surface area contributed by atoms with E-state index in [0.717, 1.165) is 5.56 Å². The first kappa shape index (κ1) is 25.0. The summed E-state index contributed by atoms with van der Waals surface area (Å²) in [5.74, 6) is -1.16. The zero-order valence-electron chi connectivity index (χ0n) is 22.2. The Hall–Kier alpha value is -4.01. The average Bonchev–Trinajstić information content (AvgIpc) is 3.51. The summed E-state index contributed by atoms with van der Waals surface area (Å²) in [5, 5.41) is 4.61. The van der Waals surface area contributed by atoms with Gasteiger partial charge in [0.25, 0.3) is 5.56 Å². The van der Waals surface area contributed by atoms with Crippen LogP contribution in [-0.4, -0.2) is 34.5 Å². The molecule has 2 fully saturated rings. The van der Waals surface area contributed by atoms with Gasteiger partial charge in [-0.05, 0) is 48.7 Å². The maximum atomic E-state index is 14.6. The number of nitrogens with one attached hydrogen (secondary N) is 1. The van der Waals surface area contributed by atoms with Gasteiger partial charge in [-0.1, -0.05) is 55.8 Å². The van der Waals surface area contributed by atoms with Crippen molar-refractivity contribution < 1.29 is 14.3 Å². The van der Waals surface area contributed by atoms with Crippen LogP contribution in [0.5, 0.6) is 5.75 Å². The van der Waals surface area contributed by atoms with Crippen molar-refractivity contribution in [2.24, 2.45) is 17.8 Å². The number of benzene rings is 3. The van der Waals surface area contributed by atoms with Gasteiger partial charge in [0.15, 0.2) is 0 Å². The number of fused-ring (bicyclic) bond motifs is 8. The molecule has 0 radical (unpaired) electrons. The molecule has 7 rings (SSSR count). The molecule has 40 heavy (non-hydrogen) atoms. The summed E-state index contributed by atoms with van der Waals surface area (Å²) < 4.78 is 7.15. The molecule has 4 aromatic rings. The second-order valence-electron chi connectivity index (χ2n) is 11.1. The number of hydrogen-bond donors (Lipinski definition) is 1. The van der Waals surface area contributed by atoms with Gasteiger partial charge < -0.3 is 4.74 Å². The van der Waals surface area contributed by atoms with Crippen LogP contribution < -0.4 is 20.5 Å². The first-order chi connectivity index (χ1) is 19.3. The molecule has 1 aromatic heterocycles. The van der Waals surface area contributed by atoms with Crippen LogP contribution in [0.4, 0.5) is 5.69 Å². The fourth-order valence-corrected chi connectivity index (χ4v) is 7.17. The van der Waals surface area contributed by atoms with Gasteiger partial charge in [0.1, 0.15) is 17.1 Å². The number of methoxy groups -OCH3 is 1. The Labute approximate surface area is 235 Å². The number of carbonyl (C=O) groups excluding carboxylic acids is 2. The van der Waals surface area contributed by atoms with Crippen molar-refractivity contribution in [1.29, 1.82) is 0 Å². The maximum absolute atomic E-state index is 14.6. The Balaban J connectivity index is 1.52. The number of aromatic nitrogens is 2. The number of rotatable bonds is 4. The molecule has 0 unspecified atom stereocenters. The lowest BCUT2D eigenvalue weighted by molar-refractivity contribution is -0.123. The van der Waals surface area contributed by atoms with E-state index in [4.69, 9.17) is 21.3 Å². The number of ether oxygens (including phenoxy) is 1. The molecule has 1 N–H and O–H groups in total. The number of anilines is 1. The Bertz CT molecular complexity index is 1800. The Morgan fingerprint density at radius 3 is 2.52 bits per heavy atom. The molecule has 3 aromatic carbocycles. The standard InChI is InChI=1S/C31H27ClN4O4/c1-16(2)14-21-25-26(29(39)35(28(25)38)23-15-17(32)12-13-24(23)40-3)31(34-21)19-9-5-7-11-22(19)36-27(37)18-8-4-6-10-20(18)33-30(31)36/h4-13,15-16,21,25-26,34H,14H2,1-3H3/t21-,25+,26-,31-/m1/s1. The summed E-state index contributed by atoms with van der Waals surface area (Å²) in [7, 11) is 1.49. The van der Waals surface area contributed by atoms with Crippen LogP contribution in [0.2, 0.25) is 5.02 Å². The summed E-state index contributed by atoms with van der Waals surface area (Å²) in [4.78, 5) is 49.0. The van der Waals surface area contributed by atoms with E-state index in [9.17, 15) is 14.4 Å². The molecule has 4 heterocycles. The van der Waals surface area contributed by atoms with Crippen molar-refractivity contribution in [2.45, 2.75) is 31.8 Å². The SMILES string of the molecule is COc1ccc(Cl)cc1N1C(=O)[C@H]2[C@@H](CC(C)C)N[C@]3(c4ccccc4-n4c3nc3ccccc3c4=O)[C@H]2C1=O. The van der Waals surface area contributed by atoms with Crippen LogP contribution in [0, 0.1) is 17.8 Å². The molecule has 0 aliphatic carbocycles. The minimum atomic E-state index is -1.18. The smallest absolute Gasteiger partial charge is 0.266 e. The van der Waals surface area contributed by atoms with E-state index in [0.29, 0.717) is 45.3 Å². The molecule has 8 nitrogen and oxygen atoms in total. The topological polar surface area (TPSA) is 93.5 Å². The van der Waals surface area contributed by atoms with Crippen molar-refractivity contribution in [2.75, 3.05) is 12.0 Å². The highest BCUT2D eigenvalue weighted by atomic mass is 35.5. The molecule has 3 aliphatic rings. The summed E-state index contributed by atoms with van der Waals surface area (Å²) in [6.07, 6.45) is 0.655. The highest BCUT2D eigenvalue weighted by Crippen LogP contribution is 2.56. The first-order valence-corrected chi connectivity index (χ1v) is 13.8. The van der Waals surface area contributed by atoms with Crippen LogP contribution in [0.3, 0.4) is 0 Å². The lowest BCUT2D eigenvalue weighted by Gasteiger charge is -2.32. The van der Waals surface area contributed by atoms with Gasteiger partial charge in [-0.25, -0.2) is 9.88 Å². The molecule has 0 saturated carbocycles. The molecule has 202 valence electrons. The van der Waals surface area contributed by atoms with Gasteiger partial charge in [-0.15, -0.1) is 0 Å². The minimum Gasteiger partial charge on any atom is -0.495 e. The van der Waals surface area contributed by atoms with Crippen molar-refractivity contribution in [3.05, 3.63) is 93.5 Å². The molecule has 3 aliphatic heterocycles. The van der Waals surface area contributed by atoms with E-state index in [1.165, 1.54) is 12.0 Å². The lowest BCUT2D eigenvalue weighted by atomic mass is 9.75. The Morgan fingerprint density at radius 2 is 1.75 bits per heavy atom.